The maximum Gasteiger partial charge on any atom is 0.262 e. The van der Waals surface area contributed by atoms with Crippen LogP contribution in [0.3, 0.4) is 0 Å². The number of hydrogen-bond donors (Lipinski definition) is 1. The minimum absolute atomic E-state index is 0.0394. The number of amides is 1. The Morgan fingerprint density at radius 2 is 1.71 bits per heavy atom. The average molecular weight is 432 g/mol. The zero-order valence-corrected chi connectivity index (χ0v) is 17.8. The number of aryl methyl sites for hydroxylation is 1. The van der Waals surface area contributed by atoms with E-state index in [-0.39, 0.29) is 12.5 Å². The van der Waals surface area contributed by atoms with Crippen molar-refractivity contribution in [3.63, 3.8) is 0 Å². The van der Waals surface area contributed by atoms with Crippen molar-refractivity contribution in [2.75, 3.05) is 11.9 Å². The Morgan fingerprint density at radius 3 is 2.48 bits per heavy atom. The number of hydrogen-bond acceptors (Lipinski definition) is 6. The van der Waals surface area contributed by atoms with Gasteiger partial charge in [-0.2, -0.15) is 0 Å². The quantitative estimate of drug-likeness (QED) is 0.379. The molecule has 0 bridgehead atoms. The van der Waals surface area contributed by atoms with Gasteiger partial charge < -0.3 is 14.5 Å². The first kappa shape index (κ1) is 20.7. The van der Waals surface area contributed by atoms with Crippen molar-refractivity contribution >= 4 is 23.4 Å². The summed E-state index contributed by atoms with van der Waals surface area (Å²) in [5.41, 5.74) is 2.61. The predicted octanol–water partition coefficient (Wildman–Crippen LogP) is 5.35. The molecule has 0 fully saturated rings. The Morgan fingerprint density at radius 1 is 0.968 bits per heavy atom. The second-order valence-corrected chi connectivity index (χ2v) is 7.83. The van der Waals surface area contributed by atoms with E-state index < -0.39 is 0 Å². The number of rotatable bonds is 8. The maximum atomic E-state index is 12.1. The van der Waals surface area contributed by atoms with Gasteiger partial charge in [-0.25, -0.2) is 0 Å². The van der Waals surface area contributed by atoms with E-state index in [1.54, 1.807) is 11.8 Å². The third-order valence-corrected chi connectivity index (χ3v) is 5.44. The molecule has 0 aliphatic heterocycles. The fourth-order valence-corrected chi connectivity index (χ4v) is 3.58. The number of ether oxygens (including phenoxy) is 1. The number of carbonyl (C=O) groups excluding carboxylic acids is 1. The Balaban J connectivity index is 1.26. The first-order valence-electron chi connectivity index (χ1n) is 9.76. The van der Waals surface area contributed by atoms with Crippen molar-refractivity contribution in [2.24, 2.45) is 0 Å². The van der Waals surface area contributed by atoms with E-state index in [0.717, 1.165) is 16.0 Å². The van der Waals surface area contributed by atoms with Gasteiger partial charge >= 0.3 is 0 Å². The van der Waals surface area contributed by atoms with Crippen LogP contribution in [0, 0.1) is 6.92 Å². The van der Waals surface area contributed by atoms with Gasteiger partial charge in [0.05, 0.1) is 5.75 Å². The van der Waals surface area contributed by atoms with Gasteiger partial charge in [0.15, 0.2) is 6.61 Å². The molecule has 0 aliphatic carbocycles. The van der Waals surface area contributed by atoms with Crippen LogP contribution in [0.25, 0.3) is 11.5 Å². The van der Waals surface area contributed by atoms with Crippen molar-refractivity contribution in [2.45, 2.75) is 17.6 Å². The summed E-state index contributed by atoms with van der Waals surface area (Å²) in [6, 6.07) is 24.9. The zero-order chi connectivity index (χ0) is 21.5. The molecule has 0 radical (unpaired) electrons. The highest BCUT2D eigenvalue weighted by Crippen LogP contribution is 2.25. The SMILES string of the molecule is Cc1ccccc1OCC(=O)Nc1ccc(SCc2nnc(-c3ccccc3)o2)cc1. The van der Waals surface area contributed by atoms with Crippen molar-refractivity contribution in [3.05, 3.63) is 90.3 Å². The predicted molar refractivity (Wildman–Crippen MR) is 121 cm³/mol. The van der Waals surface area contributed by atoms with Gasteiger partial charge in [-0.05, 0) is 55.0 Å². The number of anilines is 1. The van der Waals surface area contributed by atoms with Crippen LogP contribution in [0.15, 0.2) is 88.2 Å². The summed E-state index contributed by atoms with van der Waals surface area (Å²) in [6.45, 7) is 1.91. The van der Waals surface area contributed by atoms with Crippen LogP contribution in [0.1, 0.15) is 11.5 Å². The van der Waals surface area contributed by atoms with E-state index in [0.29, 0.717) is 29.0 Å². The molecule has 0 spiro atoms. The topological polar surface area (TPSA) is 77.2 Å². The lowest BCUT2D eigenvalue weighted by Crippen LogP contribution is -2.20. The number of nitrogens with one attached hydrogen (secondary N) is 1. The molecule has 0 aliphatic rings. The summed E-state index contributed by atoms with van der Waals surface area (Å²) in [5, 5.41) is 11.0. The minimum atomic E-state index is -0.206. The molecule has 1 aromatic heterocycles. The fourth-order valence-electron chi connectivity index (χ4n) is 2.85. The average Bonchev–Trinajstić information content (AvgIpc) is 3.28. The van der Waals surface area contributed by atoms with Gasteiger partial charge in [-0.3, -0.25) is 4.79 Å². The minimum Gasteiger partial charge on any atom is -0.483 e. The molecule has 1 amide bonds. The highest BCUT2D eigenvalue weighted by molar-refractivity contribution is 7.98. The lowest BCUT2D eigenvalue weighted by molar-refractivity contribution is -0.118. The normalized spacial score (nSPS) is 10.6. The maximum absolute atomic E-state index is 12.1. The largest absolute Gasteiger partial charge is 0.483 e. The highest BCUT2D eigenvalue weighted by atomic mass is 32.2. The van der Waals surface area contributed by atoms with E-state index in [2.05, 4.69) is 15.5 Å². The third kappa shape index (κ3) is 5.73. The number of nitrogens with zero attached hydrogens (tertiary/aromatic N) is 2. The monoisotopic (exact) mass is 431 g/mol. The summed E-state index contributed by atoms with van der Waals surface area (Å²) < 4.78 is 11.3. The zero-order valence-electron chi connectivity index (χ0n) is 16.9. The third-order valence-electron chi connectivity index (χ3n) is 4.44. The van der Waals surface area contributed by atoms with Gasteiger partial charge in [0.25, 0.3) is 5.91 Å². The Kier molecular flexibility index (Phi) is 6.64. The van der Waals surface area contributed by atoms with Gasteiger partial charge in [0.2, 0.25) is 11.8 Å². The van der Waals surface area contributed by atoms with Crippen molar-refractivity contribution < 1.29 is 13.9 Å². The fraction of sp³-hybridized carbons (Fsp3) is 0.125. The van der Waals surface area contributed by atoms with E-state index in [4.69, 9.17) is 9.15 Å². The highest BCUT2D eigenvalue weighted by Gasteiger charge is 2.09. The molecule has 31 heavy (non-hydrogen) atoms. The van der Waals surface area contributed by atoms with E-state index in [1.165, 1.54) is 0 Å². The van der Waals surface area contributed by atoms with Crippen LogP contribution >= 0.6 is 11.8 Å². The van der Waals surface area contributed by atoms with Crippen molar-refractivity contribution in [1.29, 1.82) is 0 Å². The second-order valence-electron chi connectivity index (χ2n) is 6.78. The molecule has 0 atom stereocenters. The van der Waals surface area contributed by atoms with Gasteiger partial charge in [-0.15, -0.1) is 22.0 Å². The number of thioether (sulfide) groups is 1. The second kappa shape index (κ2) is 9.95. The summed E-state index contributed by atoms with van der Waals surface area (Å²) in [6.07, 6.45) is 0. The Bertz CT molecular complexity index is 1140. The summed E-state index contributed by atoms with van der Waals surface area (Å²) in [4.78, 5) is 13.2. The van der Waals surface area contributed by atoms with Gasteiger partial charge in [0.1, 0.15) is 5.75 Å². The van der Waals surface area contributed by atoms with Crippen molar-refractivity contribution in [3.8, 4) is 17.2 Å². The van der Waals surface area contributed by atoms with Crippen LogP contribution in [-0.2, 0) is 10.5 Å². The van der Waals surface area contributed by atoms with Crippen molar-refractivity contribution in [1.82, 2.24) is 10.2 Å². The van der Waals surface area contributed by atoms with Crippen LogP contribution in [0.4, 0.5) is 5.69 Å². The molecule has 6 nitrogen and oxygen atoms in total. The first-order valence-corrected chi connectivity index (χ1v) is 10.7. The molecule has 0 saturated carbocycles. The Labute approximate surface area is 184 Å². The molecule has 1 heterocycles. The number of para-hydroxylation sites is 1. The number of benzene rings is 3. The van der Waals surface area contributed by atoms with Crippen LogP contribution in [0.2, 0.25) is 0 Å². The smallest absolute Gasteiger partial charge is 0.262 e. The summed E-state index contributed by atoms with van der Waals surface area (Å²) >= 11 is 1.59. The van der Waals surface area contributed by atoms with E-state index in [9.17, 15) is 4.79 Å². The molecule has 0 unspecified atom stereocenters. The van der Waals surface area contributed by atoms with Crippen LogP contribution in [0.5, 0.6) is 5.75 Å². The standard InChI is InChI=1S/C24H21N3O3S/c1-17-7-5-6-10-21(17)29-15-22(28)25-19-11-13-20(14-12-19)31-16-23-26-27-24(30-23)18-8-3-2-4-9-18/h2-14H,15-16H2,1H3,(H,25,28). The number of carbonyl (C=O) groups is 1. The number of aromatic nitrogens is 2. The molecule has 1 N–H and O–H groups in total. The van der Waals surface area contributed by atoms with E-state index in [1.807, 2.05) is 85.8 Å². The molecule has 0 saturated heterocycles. The molecule has 156 valence electrons. The summed E-state index contributed by atoms with van der Waals surface area (Å²) in [7, 11) is 0. The van der Waals surface area contributed by atoms with Crippen LogP contribution in [-0.4, -0.2) is 22.7 Å². The lowest BCUT2D eigenvalue weighted by Gasteiger charge is -2.09. The molecule has 4 rings (SSSR count). The molecule has 7 heteroatoms. The first-order chi connectivity index (χ1) is 15.2. The van der Waals surface area contributed by atoms with E-state index >= 15 is 0 Å². The summed E-state index contributed by atoms with van der Waals surface area (Å²) in [5.74, 6) is 2.15. The molecular weight excluding hydrogens is 410 g/mol. The van der Waals surface area contributed by atoms with Gasteiger partial charge in [0, 0.05) is 16.1 Å². The van der Waals surface area contributed by atoms with Crippen LogP contribution < -0.4 is 10.1 Å². The Hall–Kier alpha value is -3.58. The molecule has 3 aromatic carbocycles. The molecule has 4 aromatic rings. The lowest BCUT2D eigenvalue weighted by atomic mass is 10.2. The van der Waals surface area contributed by atoms with Gasteiger partial charge in [-0.1, -0.05) is 36.4 Å². The molecular formula is C24H21N3O3S.